The van der Waals surface area contributed by atoms with Gasteiger partial charge in [0.15, 0.2) is 0 Å². The largest absolute Gasteiger partial charge is 0.403 e. The zero-order valence-corrected chi connectivity index (χ0v) is 18.4. The first kappa shape index (κ1) is 22.2. The molecule has 0 radical (unpaired) electrons. The van der Waals surface area contributed by atoms with Gasteiger partial charge in [-0.15, -0.1) is 5.10 Å². The van der Waals surface area contributed by atoms with Gasteiger partial charge in [0.25, 0.3) is 5.91 Å². The van der Waals surface area contributed by atoms with E-state index in [1.165, 1.54) is 28.6 Å². The van der Waals surface area contributed by atoms with Crippen molar-refractivity contribution in [2.24, 2.45) is 0 Å². The van der Waals surface area contributed by atoms with Crippen LogP contribution >= 0.6 is 23.2 Å². The van der Waals surface area contributed by atoms with Gasteiger partial charge >= 0.3 is 6.01 Å². The second-order valence-corrected chi connectivity index (χ2v) is 8.95. The molecule has 0 saturated carbocycles. The van der Waals surface area contributed by atoms with Crippen LogP contribution in [-0.4, -0.2) is 41.9 Å². The molecule has 0 aliphatic rings. The lowest BCUT2D eigenvalue weighted by atomic mass is 10.2. The smallest absolute Gasteiger partial charge is 0.322 e. The summed E-state index contributed by atoms with van der Waals surface area (Å²) < 4.78 is 31.8. The Kier molecular flexibility index (Phi) is 6.77. The fraction of sp³-hybridized carbons (Fsp3) is 0.211. The highest BCUT2D eigenvalue weighted by Gasteiger charge is 2.22. The molecule has 3 aromatic rings. The molecule has 0 fully saturated rings. The summed E-state index contributed by atoms with van der Waals surface area (Å²) >= 11 is 11.9. The molecule has 11 heteroatoms. The first-order chi connectivity index (χ1) is 14.2. The first-order valence-corrected chi connectivity index (χ1v) is 11.2. The van der Waals surface area contributed by atoms with Gasteiger partial charge in [0.1, 0.15) is 0 Å². The lowest BCUT2D eigenvalue weighted by Gasteiger charge is -2.18. The number of amides is 1. The molecule has 8 nitrogen and oxygen atoms in total. The molecule has 1 heterocycles. The molecule has 0 atom stereocenters. The van der Waals surface area contributed by atoms with Gasteiger partial charge in [-0.2, -0.15) is 4.31 Å². The topological polar surface area (TPSA) is 105 Å². The summed E-state index contributed by atoms with van der Waals surface area (Å²) in [5.74, 6) is -0.392. The van der Waals surface area contributed by atoms with Gasteiger partial charge in [-0.3, -0.25) is 10.1 Å². The number of anilines is 1. The summed E-state index contributed by atoms with van der Waals surface area (Å²) in [4.78, 5) is 12.5. The maximum Gasteiger partial charge on any atom is 0.322 e. The third kappa shape index (κ3) is 4.81. The number of nitrogens with one attached hydrogen (secondary N) is 1. The van der Waals surface area contributed by atoms with E-state index in [4.69, 9.17) is 27.6 Å². The van der Waals surface area contributed by atoms with E-state index in [9.17, 15) is 13.2 Å². The van der Waals surface area contributed by atoms with E-state index in [2.05, 4.69) is 15.5 Å². The minimum Gasteiger partial charge on any atom is -0.403 e. The van der Waals surface area contributed by atoms with Crippen molar-refractivity contribution in [1.82, 2.24) is 14.5 Å². The predicted octanol–water partition coefficient (Wildman–Crippen LogP) is 4.33. The van der Waals surface area contributed by atoms with Gasteiger partial charge in [0, 0.05) is 34.3 Å². The van der Waals surface area contributed by atoms with Crippen LogP contribution in [0.5, 0.6) is 0 Å². The molecule has 30 heavy (non-hydrogen) atoms. The van der Waals surface area contributed by atoms with Crippen molar-refractivity contribution in [1.29, 1.82) is 0 Å². The van der Waals surface area contributed by atoms with E-state index in [0.717, 1.165) is 0 Å². The van der Waals surface area contributed by atoms with Gasteiger partial charge in [-0.1, -0.05) is 42.1 Å². The van der Waals surface area contributed by atoms with Crippen LogP contribution in [0.2, 0.25) is 10.0 Å². The third-order valence-electron chi connectivity index (χ3n) is 4.21. The average Bonchev–Trinajstić information content (AvgIpc) is 3.16. The second-order valence-electron chi connectivity index (χ2n) is 6.14. The minimum absolute atomic E-state index is 0.112. The number of hydrogen-bond donors (Lipinski definition) is 1. The molecule has 3 rings (SSSR count). The Morgan fingerprint density at radius 1 is 1.03 bits per heavy atom. The van der Waals surface area contributed by atoms with Crippen molar-refractivity contribution >= 4 is 45.1 Å². The summed E-state index contributed by atoms with van der Waals surface area (Å²) in [6, 6.07) is 10.2. The normalized spacial score (nSPS) is 11.6. The number of aromatic nitrogens is 2. The first-order valence-electron chi connectivity index (χ1n) is 8.96. The van der Waals surface area contributed by atoms with Gasteiger partial charge in [-0.05, 0) is 42.5 Å². The van der Waals surface area contributed by atoms with E-state index in [-0.39, 0.29) is 22.4 Å². The van der Waals surface area contributed by atoms with Crippen molar-refractivity contribution in [3.63, 3.8) is 0 Å². The molecule has 1 amide bonds. The molecule has 0 spiro atoms. The lowest BCUT2D eigenvalue weighted by molar-refractivity contribution is 0.102. The van der Waals surface area contributed by atoms with E-state index < -0.39 is 15.9 Å². The van der Waals surface area contributed by atoms with Gasteiger partial charge in [0.05, 0.1) is 4.90 Å². The number of carbonyl (C=O) groups excluding carboxylic acids is 1. The van der Waals surface area contributed by atoms with Gasteiger partial charge < -0.3 is 4.42 Å². The highest BCUT2D eigenvalue weighted by atomic mass is 35.5. The van der Waals surface area contributed by atoms with Crippen molar-refractivity contribution in [3.8, 4) is 11.5 Å². The van der Waals surface area contributed by atoms with Gasteiger partial charge in [-0.25, -0.2) is 8.42 Å². The van der Waals surface area contributed by atoms with E-state index in [1.807, 2.05) is 0 Å². The highest BCUT2D eigenvalue weighted by Crippen LogP contribution is 2.27. The van der Waals surface area contributed by atoms with Crippen LogP contribution in [0, 0.1) is 0 Å². The standard InChI is InChI=1S/C19H18Cl2N4O4S/c1-3-25(4-2)30(27,28)16-7-5-12(6-8-16)17(26)22-19-24-23-18(29-19)13-9-14(20)11-15(21)10-13/h5-11H,3-4H2,1-2H3,(H,22,24,26). The molecule has 0 aliphatic heterocycles. The Morgan fingerprint density at radius 3 is 2.20 bits per heavy atom. The molecule has 1 aromatic heterocycles. The number of sulfonamides is 1. The van der Waals surface area contributed by atoms with Crippen LogP contribution in [0.25, 0.3) is 11.5 Å². The summed E-state index contributed by atoms with van der Waals surface area (Å²) in [6.45, 7) is 4.24. The van der Waals surface area contributed by atoms with Gasteiger partial charge in [0.2, 0.25) is 15.9 Å². The molecule has 0 bridgehead atoms. The quantitative estimate of drug-likeness (QED) is 0.553. The maximum absolute atomic E-state index is 12.5. The Bertz CT molecular complexity index is 1140. The van der Waals surface area contributed by atoms with Crippen molar-refractivity contribution in [2.75, 3.05) is 18.4 Å². The van der Waals surface area contributed by atoms with Crippen molar-refractivity contribution in [3.05, 3.63) is 58.1 Å². The zero-order valence-electron chi connectivity index (χ0n) is 16.1. The molecule has 2 aromatic carbocycles. The zero-order chi connectivity index (χ0) is 21.9. The monoisotopic (exact) mass is 468 g/mol. The van der Waals surface area contributed by atoms with Crippen LogP contribution in [0.4, 0.5) is 6.01 Å². The van der Waals surface area contributed by atoms with Crippen LogP contribution < -0.4 is 5.32 Å². The Balaban J connectivity index is 1.75. The third-order valence-corrected chi connectivity index (χ3v) is 6.72. The fourth-order valence-electron chi connectivity index (χ4n) is 2.73. The number of carbonyl (C=O) groups is 1. The van der Waals surface area contributed by atoms with E-state index in [1.54, 1.807) is 32.0 Å². The number of nitrogens with zero attached hydrogens (tertiary/aromatic N) is 3. The Hall–Kier alpha value is -2.46. The Labute approximate surface area is 183 Å². The van der Waals surface area contributed by atoms with Crippen molar-refractivity contribution < 1.29 is 17.6 Å². The van der Waals surface area contributed by atoms with Crippen LogP contribution in [-0.2, 0) is 10.0 Å². The SMILES string of the molecule is CCN(CC)S(=O)(=O)c1ccc(C(=O)Nc2nnc(-c3cc(Cl)cc(Cl)c3)o2)cc1. The number of hydrogen-bond acceptors (Lipinski definition) is 6. The Morgan fingerprint density at radius 2 is 1.63 bits per heavy atom. The number of benzene rings is 2. The summed E-state index contributed by atoms with van der Waals surface area (Å²) in [5, 5.41) is 10.9. The summed E-state index contributed by atoms with van der Waals surface area (Å²) in [6.07, 6.45) is 0. The molecular formula is C19H18Cl2N4O4S. The lowest BCUT2D eigenvalue weighted by Crippen LogP contribution is -2.30. The highest BCUT2D eigenvalue weighted by molar-refractivity contribution is 7.89. The van der Waals surface area contributed by atoms with Crippen LogP contribution in [0.1, 0.15) is 24.2 Å². The maximum atomic E-state index is 12.5. The molecule has 158 valence electrons. The average molecular weight is 469 g/mol. The van der Waals surface area contributed by atoms with E-state index in [0.29, 0.717) is 28.7 Å². The van der Waals surface area contributed by atoms with Crippen molar-refractivity contribution in [2.45, 2.75) is 18.7 Å². The summed E-state index contributed by atoms with van der Waals surface area (Å²) in [7, 11) is -3.60. The van der Waals surface area contributed by atoms with E-state index >= 15 is 0 Å². The molecule has 0 saturated heterocycles. The number of halogens is 2. The molecule has 1 N–H and O–H groups in total. The minimum atomic E-state index is -3.60. The van der Waals surface area contributed by atoms with Crippen LogP contribution in [0.15, 0.2) is 51.8 Å². The molecule has 0 unspecified atom stereocenters. The molecule has 0 aliphatic carbocycles. The van der Waals surface area contributed by atoms with Crippen LogP contribution in [0.3, 0.4) is 0 Å². The number of rotatable bonds is 7. The second kappa shape index (κ2) is 9.13. The predicted molar refractivity (Wildman–Crippen MR) is 114 cm³/mol. The fourth-order valence-corrected chi connectivity index (χ4v) is 4.71. The molecular weight excluding hydrogens is 451 g/mol. The summed E-state index contributed by atoms with van der Waals surface area (Å²) in [5.41, 5.74) is 0.741.